The first-order chi connectivity index (χ1) is 18.2. The summed E-state index contributed by atoms with van der Waals surface area (Å²) in [6, 6.07) is 10.2. The van der Waals surface area contributed by atoms with Gasteiger partial charge in [-0.2, -0.15) is 4.31 Å². The number of amides is 1. The van der Waals surface area contributed by atoms with Crippen LogP contribution in [0.4, 0.5) is 5.13 Å². The number of rotatable bonds is 10. The number of piperidine rings is 1. The summed E-state index contributed by atoms with van der Waals surface area (Å²) < 4.78 is 33.9. The molecule has 1 fully saturated rings. The maximum atomic E-state index is 13.9. The van der Waals surface area contributed by atoms with Gasteiger partial charge < -0.3 is 9.64 Å². The second-order valence-electron chi connectivity index (χ2n) is 9.41. The number of carbonyl (C=O) groups is 1. The predicted octanol–water partition coefficient (Wildman–Crippen LogP) is 5.04. The molecule has 11 heteroatoms. The molecule has 0 saturated carbocycles. The highest BCUT2D eigenvalue weighted by molar-refractivity contribution is 7.89. The van der Waals surface area contributed by atoms with E-state index in [9.17, 15) is 13.2 Å². The molecule has 0 spiro atoms. The molecule has 1 aromatic heterocycles. The third kappa shape index (κ3) is 5.99. The fourth-order valence-electron chi connectivity index (χ4n) is 4.75. The van der Waals surface area contributed by atoms with Gasteiger partial charge in [0.15, 0.2) is 5.13 Å². The summed E-state index contributed by atoms with van der Waals surface area (Å²) in [5.74, 6) is 0.313. The lowest BCUT2D eigenvalue weighted by molar-refractivity contribution is -0.123. The molecule has 0 N–H and O–H groups in total. The van der Waals surface area contributed by atoms with E-state index in [1.807, 2.05) is 19.1 Å². The van der Waals surface area contributed by atoms with E-state index in [1.165, 1.54) is 15.6 Å². The number of methoxy groups -OCH3 is 1. The van der Waals surface area contributed by atoms with E-state index in [1.54, 1.807) is 36.3 Å². The van der Waals surface area contributed by atoms with Crippen molar-refractivity contribution in [3.05, 3.63) is 47.0 Å². The molecule has 206 valence electrons. The molecule has 0 aliphatic carbocycles. The number of hydrogen-bond donors (Lipinski definition) is 0. The van der Waals surface area contributed by atoms with Crippen molar-refractivity contribution in [1.29, 1.82) is 0 Å². The maximum Gasteiger partial charge on any atom is 0.243 e. The molecule has 2 aromatic carbocycles. The van der Waals surface area contributed by atoms with E-state index < -0.39 is 10.0 Å². The molecule has 8 nitrogen and oxygen atoms in total. The SMILES string of the molecule is CCN(CC)CCN(C(=O)C1CCN(S(=O)(=O)c2ccc(OC)cc2)CC1)c1nc2c(C)ccc(Cl)c2s1. The van der Waals surface area contributed by atoms with Crippen molar-refractivity contribution < 1.29 is 17.9 Å². The van der Waals surface area contributed by atoms with Gasteiger partial charge in [0.1, 0.15) is 5.75 Å². The third-order valence-electron chi connectivity index (χ3n) is 7.22. The number of likely N-dealkylation sites (N-methyl/N-ethyl adjacent to an activating group) is 1. The minimum absolute atomic E-state index is 0.00789. The van der Waals surface area contributed by atoms with Crippen LogP contribution in [0.3, 0.4) is 0 Å². The van der Waals surface area contributed by atoms with E-state index in [0.717, 1.165) is 35.4 Å². The van der Waals surface area contributed by atoms with Crippen molar-refractivity contribution in [2.75, 3.05) is 51.3 Å². The van der Waals surface area contributed by atoms with E-state index >= 15 is 0 Å². The fraction of sp³-hybridized carbons (Fsp3) is 0.481. The van der Waals surface area contributed by atoms with Crippen LogP contribution in [0, 0.1) is 12.8 Å². The van der Waals surface area contributed by atoms with Gasteiger partial charge in [-0.15, -0.1) is 0 Å². The molecule has 0 bridgehead atoms. The molecule has 0 unspecified atom stereocenters. The zero-order valence-corrected chi connectivity index (χ0v) is 24.7. The first-order valence-electron chi connectivity index (χ1n) is 12.9. The first-order valence-corrected chi connectivity index (χ1v) is 15.6. The van der Waals surface area contributed by atoms with Crippen LogP contribution in [0.1, 0.15) is 32.3 Å². The van der Waals surface area contributed by atoms with Gasteiger partial charge in [0, 0.05) is 32.1 Å². The minimum Gasteiger partial charge on any atom is -0.497 e. The van der Waals surface area contributed by atoms with E-state index in [2.05, 4.69) is 18.7 Å². The second-order valence-corrected chi connectivity index (χ2v) is 12.7. The van der Waals surface area contributed by atoms with Crippen LogP contribution in [0.15, 0.2) is 41.3 Å². The molecule has 3 aromatic rings. The number of fused-ring (bicyclic) bond motifs is 1. The van der Waals surface area contributed by atoms with Crippen LogP contribution in [0.5, 0.6) is 5.75 Å². The number of benzene rings is 2. The third-order valence-corrected chi connectivity index (χ3v) is 10.7. The Balaban J connectivity index is 1.53. The van der Waals surface area contributed by atoms with Gasteiger partial charge in [-0.25, -0.2) is 13.4 Å². The Kier molecular flexibility index (Phi) is 9.31. The summed E-state index contributed by atoms with van der Waals surface area (Å²) in [5, 5.41) is 1.27. The molecular weight excluding hydrogens is 544 g/mol. The lowest BCUT2D eigenvalue weighted by atomic mass is 9.96. The van der Waals surface area contributed by atoms with Gasteiger partial charge in [-0.1, -0.05) is 42.9 Å². The number of anilines is 1. The number of halogens is 1. The van der Waals surface area contributed by atoms with Gasteiger partial charge in [0.05, 0.1) is 27.2 Å². The van der Waals surface area contributed by atoms with Crippen LogP contribution in [-0.4, -0.2) is 74.9 Å². The van der Waals surface area contributed by atoms with Crippen LogP contribution in [-0.2, 0) is 14.8 Å². The Morgan fingerprint density at radius 3 is 2.34 bits per heavy atom. The van der Waals surface area contributed by atoms with Crippen molar-refractivity contribution >= 4 is 54.2 Å². The zero-order valence-electron chi connectivity index (χ0n) is 22.3. The van der Waals surface area contributed by atoms with Crippen molar-refractivity contribution in [3.63, 3.8) is 0 Å². The molecule has 2 heterocycles. The van der Waals surface area contributed by atoms with Gasteiger partial charge in [-0.3, -0.25) is 9.69 Å². The summed E-state index contributed by atoms with van der Waals surface area (Å²) in [7, 11) is -2.10. The summed E-state index contributed by atoms with van der Waals surface area (Å²) in [5.41, 5.74) is 1.83. The molecule has 1 aliphatic heterocycles. The van der Waals surface area contributed by atoms with Gasteiger partial charge in [-0.05, 0) is 68.8 Å². The van der Waals surface area contributed by atoms with Crippen molar-refractivity contribution in [3.8, 4) is 5.75 Å². The second kappa shape index (κ2) is 12.3. The van der Waals surface area contributed by atoms with Crippen LogP contribution >= 0.6 is 22.9 Å². The predicted molar refractivity (Wildman–Crippen MR) is 154 cm³/mol. The Labute approximate surface area is 234 Å². The largest absolute Gasteiger partial charge is 0.497 e. The molecule has 0 atom stereocenters. The van der Waals surface area contributed by atoms with Crippen LogP contribution < -0.4 is 9.64 Å². The Morgan fingerprint density at radius 1 is 1.11 bits per heavy atom. The highest BCUT2D eigenvalue weighted by Gasteiger charge is 2.35. The van der Waals surface area contributed by atoms with E-state index in [0.29, 0.717) is 48.4 Å². The van der Waals surface area contributed by atoms with Gasteiger partial charge in [0.25, 0.3) is 0 Å². The Bertz CT molecular complexity index is 1330. The molecule has 38 heavy (non-hydrogen) atoms. The quantitative estimate of drug-likeness (QED) is 0.335. The number of sulfonamides is 1. The number of hydrogen-bond acceptors (Lipinski definition) is 7. The van der Waals surface area contributed by atoms with Crippen LogP contribution in [0.2, 0.25) is 5.02 Å². The molecule has 4 rings (SSSR count). The van der Waals surface area contributed by atoms with Crippen molar-refractivity contribution in [1.82, 2.24) is 14.2 Å². The van der Waals surface area contributed by atoms with Gasteiger partial charge >= 0.3 is 0 Å². The van der Waals surface area contributed by atoms with Crippen molar-refractivity contribution in [2.45, 2.75) is 38.5 Å². The van der Waals surface area contributed by atoms with E-state index in [4.69, 9.17) is 21.3 Å². The Hall–Kier alpha value is -2.24. The lowest BCUT2D eigenvalue weighted by Crippen LogP contribution is -2.46. The average molecular weight is 579 g/mol. The number of thiazole rings is 1. The number of ether oxygens (including phenoxy) is 1. The minimum atomic E-state index is -3.64. The van der Waals surface area contributed by atoms with E-state index in [-0.39, 0.29) is 16.7 Å². The normalized spacial score (nSPS) is 15.3. The Morgan fingerprint density at radius 2 is 1.76 bits per heavy atom. The molecule has 1 aliphatic rings. The topological polar surface area (TPSA) is 83.0 Å². The van der Waals surface area contributed by atoms with Gasteiger partial charge in [0.2, 0.25) is 15.9 Å². The smallest absolute Gasteiger partial charge is 0.243 e. The fourth-order valence-corrected chi connectivity index (χ4v) is 7.57. The summed E-state index contributed by atoms with van der Waals surface area (Å²) >= 11 is 7.90. The monoisotopic (exact) mass is 578 g/mol. The first kappa shape index (κ1) is 28.8. The average Bonchev–Trinajstić information content (AvgIpc) is 3.39. The highest BCUT2D eigenvalue weighted by atomic mass is 35.5. The zero-order chi connectivity index (χ0) is 27.4. The molecule has 1 saturated heterocycles. The lowest BCUT2D eigenvalue weighted by Gasteiger charge is -2.33. The summed E-state index contributed by atoms with van der Waals surface area (Å²) in [6.45, 7) is 9.82. The summed E-state index contributed by atoms with van der Waals surface area (Å²) in [6.07, 6.45) is 0.918. The molecular formula is C27H35ClN4O4S2. The maximum absolute atomic E-state index is 13.9. The number of carbonyl (C=O) groups excluding carboxylic acids is 1. The van der Waals surface area contributed by atoms with Crippen molar-refractivity contribution in [2.24, 2.45) is 5.92 Å². The number of aromatic nitrogens is 1. The summed E-state index contributed by atoms with van der Waals surface area (Å²) in [4.78, 5) is 23.0. The number of aryl methyl sites for hydroxylation is 1. The molecule has 0 radical (unpaired) electrons. The molecule has 1 amide bonds. The highest BCUT2D eigenvalue weighted by Crippen LogP contribution is 2.37. The number of nitrogens with zero attached hydrogens (tertiary/aromatic N) is 4. The van der Waals surface area contributed by atoms with Crippen LogP contribution in [0.25, 0.3) is 10.2 Å². The standard InChI is InChI=1S/C27H35ClN4O4S2/c1-5-30(6-2)17-18-32(27-29-24-19(3)7-12-23(28)25(24)37-27)26(33)20-13-15-31(16-14-20)38(34,35)22-10-8-21(36-4)9-11-22/h7-12,20H,5-6,13-18H2,1-4H3.